The highest BCUT2D eigenvalue weighted by Crippen LogP contribution is 2.10. The summed E-state index contributed by atoms with van der Waals surface area (Å²) < 4.78 is 0. The fourth-order valence-electron chi connectivity index (χ4n) is 1.41. The van der Waals surface area contributed by atoms with Gasteiger partial charge in [-0.05, 0) is 12.5 Å². The summed E-state index contributed by atoms with van der Waals surface area (Å²) in [4.78, 5) is 11.6. The molecule has 0 spiro atoms. The number of amides is 1. The zero-order chi connectivity index (χ0) is 12.0. The van der Waals surface area contributed by atoms with E-state index < -0.39 is 0 Å². The van der Waals surface area contributed by atoms with Crippen molar-refractivity contribution in [2.24, 2.45) is 0 Å². The molecular formula is C13H20N2O. The molecule has 0 saturated carbocycles. The van der Waals surface area contributed by atoms with Crippen LogP contribution in [0, 0.1) is 0 Å². The Labute approximate surface area is 97.2 Å². The molecular weight excluding hydrogens is 200 g/mol. The predicted octanol–water partition coefficient (Wildman–Crippen LogP) is 1.86. The molecule has 0 aliphatic rings. The van der Waals surface area contributed by atoms with Gasteiger partial charge >= 0.3 is 0 Å². The lowest BCUT2D eigenvalue weighted by atomic mass is 10.1. The SMILES string of the molecule is CC(C)NCC(=O)NC(C)c1ccccc1. The number of hydrogen-bond acceptors (Lipinski definition) is 2. The molecule has 0 aliphatic carbocycles. The maximum Gasteiger partial charge on any atom is 0.234 e. The van der Waals surface area contributed by atoms with Gasteiger partial charge < -0.3 is 10.6 Å². The van der Waals surface area contributed by atoms with Gasteiger partial charge in [0.2, 0.25) is 5.91 Å². The van der Waals surface area contributed by atoms with Gasteiger partial charge in [0.05, 0.1) is 12.6 Å². The van der Waals surface area contributed by atoms with Crippen LogP contribution in [0.3, 0.4) is 0 Å². The van der Waals surface area contributed by atoms with Crippen LogP contribution in [0.1, 0.15) is 32.4 Å². The Balaban J connectivity index is 2.40. The van der Waals surface area contributed by atoms with Crippen molar-refractivity contribution in [2.75, 3.05) is 6.54 Å². The van der Waals surface area contributed by atoms with Crippen LogP contribution in [-0.4, -0.2) is 18.5 Å². The molecule has 2 N–H and O–H groups in total. The lowest BCUT2D eigenvalue weighted by molar-refractivity contribution is -0.121. The van der Waals surface area contributed by atoms with Crippen LogP contribution in [-0.2, 0) is 4.79 Å². The molecule has 3 nitrogen and oxygen atoms in total. The van der Waals surface area contributed by atoms with E-state index in [9.17, 15) is 4.79 Å². The van der Waals surface area contributed by atoms with Crippen LogP contribution in [0.2, 0.25) is 0 Å². The van der Waals surface area contributed by atoms with Gasteiger partial charge in [-0.25, -0.2) is 0 Å². The van der Waals surface area contributed by atoms with E-state index in [4.69, 9.17) is 0 Å². The Morgan fingerprint density at radius 2 is 1.81 bits per heavy atom. The molecule has 1 atom stereocenters. The molecule has 88 valence electrons. The van der Waals surface area contributed by atoms with Gasteiger partial charge in [-0.15, -0.1) is 0 Å². The van der Waals surface area contributed by atoms with Crippen molar-refractivity contribution in [3.8, 4) is 0 Å². The summed E-state index contributed by atoms with van der Waals surface area (Å²) in [7, 11) is 0. The summed E-state index contributed by atoms with van der Waals surface area (Å²) >= 11 is 0. The monoisotopic (exact) mass is 220 g/mol. The van der Waals surface area contributed by atoms with Crippen LogP contribution in [0.5, 0.6) is 0 Å². The van der Waals surface area contributed by atoms with Crippen molar-refractivity contribution in [3.05, 3.63) is 35.9 Å². The highest BCUT2D eigenvalue weighted by atomic mass is 16.1. The van der Waals surface area contributed by atoms with E-state index in [1.807, 2.05) is 51.1 Å². The number of nitrogens with one attached hydrogen (secondary N) is 2. The van der Waals surface area contributed by atoms with Crippen LogP contribution in [0.25, 0.3) is 0 Å². The molecule has 1 amide bonds. The zero-order valence-electron chi connectivity index (χ0n) is 10.2. The van der Waals surface area contributed by atoms with E-state index in [0.29, 0.717) is 12.6 Å². The van der Waals surface area contributed by atoms with E-state index in [1.54, 1.807) is 0 Å². The average molecular weight is 220 g/mol. The molecule has 0 bridgehead atoms. The third-order valence-corrected chi connectivity index (χ3v) is 2.35. The number of carbonyl (C=O) groups is 1. The molecule has 0 radical (unpaired) electrons. The Morgan fingerprint density at radius 3 is 2.38 bits per heavy atom. The first-order valence-electron chi connectivity index (χ1n) is 5.67. The van der Waals surface area contributed by atoms with E-state index >= 15 is 0 Å². The first kappa shape index (κ1) is 12.7. The Hall–Kier alpha value is -1.35. The normalized spacial score (nSPS) is 12.5. The van der Waals surface area contributed by atoms with Crippen LogP contribution < -0.4 is 10.6 Å². The molecule has 1 unspecified atom stereocenters. The van der Waals surface area contributed by atoms with E-state index in [1.165, 1.54) is 0 Å². The molecule has 16 heavy (non-hydrogen) atoms. The average Bonchev–Trinajstić information content (AvgIpc) is 2.27. The fourth-order valence-corrected chi connectivity index (χ4v) is 1.41. The summed E-state index contributed by atoms with van der Waals surface area (Å²) in [6.07, 6.45) is 0. The van der Waals surface area contributed by atoms with E-state index in [0.717, 1.165) is 5.56 Å². The first-order chi connectivity index (χ1) is 7.59. The van der Waals surface area contributed by atoms with Gasteiger partial charge in [-0.3, -0.25) is 4.79 Å². The quantitative estimate of drug-likeness (QED) is 0.795. The molecule has 0 aromatic heterocycles. The molecule has 0 saturated heterocycles. The zero-order valence-corrected chi connectivity index (χ0v) is 10.2. The lowest BCUT2D eigenvalue weighted by Gasteiger charge is -2.15. The highest BCUT2D eigenvalue weighted by Gasteiger charge is 2.08. The summed E-state index contributed by atoms with van der Waals surface area (Å²) in [5.74, 6) is 0.0325. The second kappa shape index (κ2) is 6.28. The fraction of sp³-hybridized carbons (Fsp3) is 0.462. The number of benzene rings is 1. The second-order valence-electron chi connectivity index (χ2n) is 4.24. The maximum absolute atomic E-state index is 11.6. The smallest absolute Gasteiger partial charge is 0.234 e. The molecule has 0 fully saturated rings. The minimum absolute atomic E-state index is 0.0325. The number of hydrogen-bond donors (Lipinski definition) is 2. The maximum atomic E-state index is 11.6. The van der Waals surface area contributed by atoms with Gasteiger partial charge in [0.15, 0.2) is 0 Å². The van der Waals surface area contributed by atoms with Crippen molar-refractivity contribution in [3.63, 3.8) is 0 Å². The summed E-state index contributed by atoms with van der Waals surface area (Å²) in [6.45, 7) is 6.40. The van der Waals surface area contributed by atoms with Gasteiger partial charge in [0.1, 0.15) is 0 Å². The molecule has 1 aromatic carbocycles. The van der Waals surface area contributed by atoms with E-state index in [2.05, 4.69) is 10.6 Å². The topological polar surface area (TPSA) is 41.1 Å². The Kier molecular flexibility index (Phi) is 4.99. The van der Waals surface area contributed by atoms with Crippen molar-refractivity contribution in [1.82, 2.24) is 10.6 Å². The van der Waals surface area contributed by atoms with Crippen LogP contribution in [0.4, 0.5) is 0 Å². The number of rotatable bonds is 5. The summed E-state index contributed by atoms with van der Waals surface area (Å²) in [6, 6.07) is 10.3. The molecule has 0 aliphatic heterocycles. The molecule has 1 rings (SSSR count). The van der Waals surface area contributed by atoms with Crippen molar-refractivity contribution in [2.45, 2.75) is 32.9 Å². The highest BCUT2D eigenvalue weighted by molar-refractivity contribution is 5.78. The lowest BCUT2D eigenvalue weighted by Crippen LogP contribution is -2.37. The second-order valence-corrected chi connectivity index (χ2v) is 4.24. The van der Waals surface area contributed by atoms with Gasteiger partial charge in [-0.2, -0.15) is 0 Å². The number of carbonyl (C=O) groups excluding carboxylic acids is 1. The molecule has 1 aromatic rings. The van der Waals surface area contributed by atoms with Crippen molar-refractivity contribution in [1.29, 1.82) is 0 Å². The third-order valence-electron chi connectivity index (χ3n) is 2.35. The minimum atomic E-state index is 0.0325. The first-order valence-corrected chi connectivity index (χ1v) is 5.67. The Bertz CT molecular complexity index is 322. The van der Waals surface area contributed by atoms with Gasteiger partial charge in [0.25, 0.3) is 0 Å². The van der Waals surface area contributed by atoms with Crippen molar-refractivity contribution >= 4 is 5.91 Å². The predicted molar refractivity (Wildman–Crippen MR) is 66.1 cm³/mol. The van der Waals surface area contributed by atoms with Crippen LogP contribution in [0.15, 0.2) is 30.3 Å². The van der Waals surface area contributed by atoms with Gasteiger partial charge in [-0.1, -0.05) is 44.2 Å². The van der Waals surface area contributed by atoms with Gasteiger partial charge in [0, 0.05) is 6.04 Å². The third kappa shape index (κ3) is 4.45. The van der Waals surface area contributed by atoms with Crippen molar-refractivity contribution < 1.29 is 4.79 Å². The standard InChI is InChI=1S/C13H20N2O/c1-10(2)14-9-13(16)15-11(3)12-7-5-4-6-8-12/h4-8,10-11,14H,9H2,1-3H3,(H,15,16). The molecule has 0 heterocycles. The largest absolute Gasteiger partial charge is 0.348 e. The van der Waals surface area contributed by atoms with E-state index in [-0.39, 0.29) is 11.9 Å². The Morgan fingerprint density at radius 1 is 1.19 bits per heavy atom. The minimum Gasteiger partial charge on any atom is -0.348 e. The summed E-state index contributed by atoms with van der Waals surface area (Å²) in [5.41, 5.74) is 1.13. The van der Waals surface area contributed by atoms with Crippen LogP contribution >= 0.6 is 0 Å². The molecule has 3 heteroatoms. The summed E-state index contributed by atoms with van der Waals surface area (Å²) in [5, 5.41) is 6.04.